The highest BCUT2D eigenvalue weighted by molar-refractivity contribution is 6.35. The highest BCUT2D eigenvalue weighted by Crippen LogP contribution is 2.25. The van der Waals surface area contributed by atoms with Gasteiger partial charge in [-0.2, -0.15) is 0 Å². The van der Waals surface area contributed by atoms with Crippen LogP contribution < -0.4 is 5.32 Å². The van der Waals surface area contributed by atoms with Gasteiger partial charge in [-0.05, 0) is 56.5 Å². The Morgan fingerprint density at radius 3 is 2.20 bits per heavy atom. The first-order valence-corrected chi connectivity index (χ1v) is 12.4. The van der Waals surface area contributed by atoms with E-state index in [2.05, 4.69) is 5.32 Å². The van der Waals surface area contributed by atoms with Gasteiger partial charge in [0.1, 0.15) is 6.04 Å². The summed E-state index contributed by atoms with van der Waals surface area (Å²) in [4.78, 5) is 54.1. The third-order valence-electron chi connectivity index (χ3n) is 5.82. The number of carbonyl (C=O) groups excluding carboxylic acids is 4. The summed E-state index contributed by atoms with van der Waals surface area (Å²) in [6, 6.07) is 10.9. The van der Waals surface area contributed by atoms with Gasteiger partial charge >= 0.3 is 0 Å². The van der Waals surface area contributed by atoms with Gasteiger partial charge in [-0.3, -0.25) is 24.1 Å². The summed E-state index contributed by atoms with van der Waals surface area (Å²) >= 11 is 12.4. The molecule has 1 aliphatic heterocycles. The lowest BCUT2D eigenvalue weighted by Crippen LogP contribution is -2.50. The van der Waals surface area contributed by atoms with Crippen LogP contribution in [0.15, 0.2) is 42.5 Å². The van der Waals surface area contributed by atoms with Crippen molar-refractivity contribution in [3.8, 4) is 0 Å². The lowest BCUT2D eigenvalue weighted by molar-refractivity contribution is -0.141. The van der Waals surface area contributed by atoms with Crippen LogP contribution in [0.1, 0.15) is 66.3 Å². The van der Waals surface area contributed by atoms with Crippen molar-refractivity contribution in [3.63, 3.8) is 0 Å². The molecule has 0 spiro atoms. The summed E-state index contributed by atoms with van der Waals surface area (Å²) in [5, 5.41) is 3.75. The van der Waals surface area contributed by atoms with E-state index in [0.717, 1.165) is 0 Å². The molecule has 9 heteroatoms. The number of rotatable bonds is 10. The predicted molar refractivity (Wildman–Crippen MR) is 135 cm³/mol. The highest BCUT2D eigenvalue weighted by Gasteiger charge is 2.35. The van der Waals surface area contributed by atoms with Crippen molar-refractivity contribution >= 4 is 46.8 Å². The maximum Gasteiger partial charge on any atom is 0.261 e. The quantitative estimate of drug-likeness (QED) is 0.462. The summed E-state index contributed by atoms with van der Waals surface area (Å²) in [6.07, 6.45) is 0.745. The molecule has 35 heavy (non-hydrogen) atoms. The molecule has 7 nitrogen and oxygen atoms in total. The molecule has 2 aromatic rings. The fourth-order valence-corrected chi connectivity index (χ4v) is 4.58. The molecule has 3 rings (SSSR count). The molecule has 1 atom stereocenters. The molecule has 4 amide bonds. The molecule has 0 radical (unpaired) electrons. The molecule has 0 aromatic heterocycles. The molecule has 1 unspecified atom stereocenters. The van der Waals surface area contributed by atoms with E-state index in [-0.39, 0.29) is 55.6 Å². The maximum absolute atomic E-state index is 13.4. The van der Waals surface area contributed by atoms with Gasteiger partial charge in [-0.25, -0.2) is 0 Å². The van der Waals surface area contributed by atoms with Crippen LogP contribution in [0.5, 0.6) is 0 Å². The Morgan fingerprint density at radius 1 is 1.03 bits per heavy atom. The molecule has 0 saturated carbocycles. The number of fused-ring (bicyclic) bond motifs is 1. The van der Waals surface area contributed by atoms with E-state index in [1.54, 1.807) is 42.5 Å². The number of halogens is 2. The molecule has 0 aliphatic carbocycles. The lowest BCUT2D eigenvalue weighted by Gasteiger charge is -2.31. The second-order valence-electron chi connectivity index (χ2n) is 8.76. The molecule has 1 aliphatic rings. The molecule has 1 heterocycles. The number of imide groups is 1. The van der Waals surface area contributed by atoms with Crippen molar-refractivity contribution in [1.29, 1.82) is 0 Å². The van der Waals surface area contributed by atoms with Gasteiger partial charge in [0, 0.05) is 35.6 Å². The van der Waals surface area contributed by atoms with Crippen molar-refractivity contribution in [2.75, 3.05) is 6.54 Å². The first kappa shape index (κ1) is 26.7. The van der Waals surface area contributed by atoms with E-state index in [1.165, 1.54) is 9.80 Å². The van der Waals surface area contributed by atoms with Crippen molar-refractivity contribution in [2.45, 2.75) is 58.7 Å². The SMILES string of the molecule is CCC(C(=O)NC(C)C)N(Cc1ccc(Cl)cc1Cl)C(=O)CCCN1C(=O)c2ccccc2C1=O. The fourth-order valence-electron chi connectivity index (χ4n) is 4.11. The van der Waals surface area contributed by atoms with Gasteiger partial charge in [0.2, 0.25) is 11.8 Å². The van der Waals surface area contributed by atoms with Crippen LogP contribution in [0.2, 0.25) is 10.0 Å². The first-order valence-electron chi connectivity index (χ1n) is 11.6. The lowest BCUT2D eigenvalue weighted by atomic mass is 10.1. The van der Waals surface area contributed by atoms with Gasteiger partial charge in [0.05, 0.1) is 11.1 Å². The summed E-state index contributed by atoms with van der Waals surface area (Å²) in [5.74, 6) is -1.23. The van der Waals surface area contributed by atoms with Gasteiger partial charge in [0.25, 0.3) is 11.8 Å². The van der Waals surface area contributed by atoms with E-state index in [9.17, 15) is 19.2 Å². The zero-order valence-corrected chi connectivity index (χ0v) is 21.5. The minimum Gasteiger partial charge on any atom is -0.352 e. The third-order valence-corrected chi connectivity index (χ3v) is 6.41. The van der Waals surface area contributed by atoms with Crippen molar-refractivity contribution in [3.05, 3.63) is 69.2 Å². The number of hydrogen-bond acceptors (Lipinski definition) is 4. The zero-order valence-electron chi connectivity index (χ0n) is 20.0. The Balaban J connectivity index is 1.74. The largest absolute Gasteiger partial charge is 0.352 e. The topological polar surface area (TPSA) is 86.8 Å². The van der Waals surface area contributed by atoms with E-state index < -0.39 is 6.04 Å². The molecular weight excluding hydrogens is 489 g/mol. The predicted octanol–water partition coefficient (Wildman–Crippen LogP) is 4.70. The fraction of sp³-hybridized carbons (Fsp3) is 0.385. The molecule has 0 saturated heterocycles. The summed E-state index contributed by atoms with van der Waals surface area (Å²) in [5.41, 5.74) is 1.42. The number of hydrogen-bond donors (Lipinski definition) is 1. The highest BCUT2D eigenvalue weighted by atomic mass is 35.5. The third kappa shape index (κ3) is 6.21. The van der Waals surface area contributed by atoms with Crippen LogP contribution in [-0.2, 0) is 16.1 Å². The minimum atomic E-state index is -0.698. The average molecular weight is 518 g/mol. The Bertz CT molecular complexity index is 1100. The summed E-state index contributed by atoms with van der Waals surface area (Å²) < 4.78 is 0. The second kappa shape index (κ2) is 11.7. The standard InChI is InChI=1S/C26H29Cl2N3O4/c1-4-22(24(33)29-16(2)3)31(15-17-11-12-18(27)14-21(17)28)23(32)10-7-13-30-25(34)19-8-5-6-9-20(19)26(30)35/h5-6,8-9,11-12,14,16,22H,4,7,10,13,15H2,1-3H3,(H,29,33). The van der Waals surface area contributed by atoms with Crippen LogP contribution in [0.3, 0.4) is 0 Å². The minimum absolute atomic E-state index is 0.0596. The van der Waals surface area contributed by atoms with E-state index in [1.807, 2.05) is 20.8 Å². The molecule has 186 valence electrons. The van der Waals surface area contributed by atoms with Gasteiger partial charge < -0.3 is 10.2 Å². The monoisotopic (exact) mass is 517 g/mol. The number of amides is 4. The van der Waals surface area contributed by atoms with Gasteiger partial charge in [0.15, 0.2) is 0 Å². The van der Waals surface area contributed by atoms with Crippen molar-refractivity contribution in [1.82, 2.24) is 15.1 Å². The Labute approximate surface area is 215 Å². The average Bonchev–Trinajstić information content (AvgIpc) is 3.04. The Morgan fingerprint density at radius 2 is 1.66 bits per heavy atom. The van der Waals surface area contributed by atoms with E-state index >= 15 is 0 Å². The number of benzene rings is 2. The van der Waals surface area contributed by atoms with Gasteiger partial charge in [-0.1, -0.05) is 48.3 Å². The van der Waals surface area contributed by atoms with Crippen LogP contribution in [0.4, 0.5) is 0 Å². The van der Waals surface area contributed by atoms with E-state index in [4.69, 9.17) is 23.2 Å². The molecule has 0 bridgehead atoms. The normalized spacial score (nSPS) is 13.7. The Hall–Kier alpha value is -2.90. The maximum atomic E-state index is 13.4. The molecule has 2 aromatic carbocycles. The first-order chi connectivity index (χ1) is 16.6. The van der Waals surface area contributed by atoms with Crippen LogP contribution in [0, 0.1) is 0 Å². The second-order valence-corrected chi connectivity index (χ2v) is 9.60. The van der Waals surface area contributed by atoms with Crippen LogP contribution >= 0.6 is 23.2 Å². The Kier molecular flexibility index (Phi) is 8.92. The van der Waals surface area contributed by atoms with Crippen LogP contribution in [0.25, 0.3) is 0 Å². The van der Waals surface area contributed by atoms with Gasteiger partial charge in [-0.15, -0.1) is 0 Å². The molecular formula is C26H29Cl2N3O4. The van der Waals surface area contributed by atoms with Crippen molar-refractivity contribution in [2.24, 2.45) is 0 Å². The number of nitrogens with zero attached hydrogens (tertiary/aromatic N) is 2. The molecule has 1 N–H and O–H groups in total. The summed E-state index contributed by atoms with van der Waals surface area (Å²) in [7, 11) is 0. The number of carbonyl (C=O) groups is 4. The number of nitrogens with one attached hydrogen (secondary N) is 1. The molecule has 0 fully saturated rings. The van der Waals surface area contributed by atoms with Crippen molar-refractivity contribution < 1.29 is 19.2 Å². The zero-order chi connectivity index (χ0) is 25.7. The van der Waals surface area contributed by atoms with E-state index in [0.29, 0.717) is 33.2 Å². The summed E-state index contributed by atoms with van der Waals surface area (Å²) in [6.45, 7) is 5.80. The van der Waals surface area contributed by atoms with Crippen LogP contribution in [-0.4, -0.2) is 52.1 Å². The smallest absolute Gasteiger partial charge is 0.261 e.